The first-order valence-corrected chi connectivity index (χ1v) is 7.62. The monoisotopic (exact) mass is 300 g/mol. The average molecular weight is 300 g/mol. The highest BCUT2D eigenvalue weighted by atomic mass is 16.6. The van der Waals surface area contributed by atoms with Gasteiger partial charge in [0.1, 0.15) is 5.60 Å². The van der Waals surface area contributed by atoms with E-state index in [9.17, 15) is 14.7 Å². The Hall–Kier alpha value is -1.30. The van der Waals surface area contributed by atoms with Crippen LogP contribution in [0.5, 0.6) is 0 Å². The zero-order valence-corrected chi connectivity index (χ0v) is 13.6. The van der Waals surface area contributed by atoms with Crippen molar-refractivity contribution in [2.24, 2.45) is 11.7 Å². The predicted molar refractivity (Wildman–Crippen MR) is 79.9 cm³/mol. The molecule has 1 saturated heterocycles. The number of rotatable bonds is 3. The van der Waals surface area contributed by atoms with Crippen LogP contribution < -0.4 is 5.73 Å². The fourth-order valence-corrected chi connectivity index (χ4v) is 3.06. The highest BCUT2D eigenvalue weighted by Crippen LogP contribution is 2.32. The van der Waals surface area contributed by atoms with Crippen LogP contribution in [0.2, 0.25) is 0 Å². The topological polar surface area (TPSA) is 92.9 Å². The number of nitrogens with zero attached hydrogens (tertiary/aromatic N) is 1. The van der Waals surface area contributed by atoms with Crippen molar-refractivity contribution in [3.05, 3.63) is 0 Å². The Morgan fingerprint density at radius 1 is 1.29 bits per heavy atom. The van der Waals surface area contributed by atoms with E-state index in [1.165, 1.54) is 0 Å². The van der Waals surface area contributed by atoms with E-state index in [0.717, 1.165) is 6.42 Å². The molecule has 0 aromatic carbocycles. The number of ether oxygens (including phenoxy) is 1. The minimum Gasteiger partial charge on any atom is -0.481 e. The van der Waals surface area contributed by atoms with Gasteiger partial charge in [0.2, 0.25) is 0 Å². The first-order valence-electron chi connectivity index (χ1n) is 7.62. The molecule has 1 aliphatic rings. The van der Waals surface area contributed by atoms with Gasteiger partial charge in [0.05, 0.1) is 5.92 Å². The van der Waals surface area contributed by atoms with E-state index in [1.54, 1.807) is 25.7 Å². The zero-order valence-electron chi connectivity index (χ0n) is 13.6. The van der Waals surface area contributed by atoms with Crippen LogP contribution in [-0.2, 0) is 9.53 Å². The maximum atomic E-state index is 12.5. The van der Waals surface area contributed by atoms with Crippen LogP contribution in [0.25, 0.3) is 0 Å². The SMILES string of the molecule is CC[C@H]1CC(N)C(C(=O)O)[C@@H](CC)N1C(=O)OC(C)(C)C. The Morgan fingerprint density at radius 3 is 2.24 bits per heavy atom. The molecular weight excluding hydrogens is 272 g/mol. The molecule has 1 heterocycles. The molecular formula is C15H28N2O4. The smallest absolute Gasteiger partial charge is 0.410 e. The van der Waals surface area contributed by atoms with Gasteiger partial charge < -0.3 is 20.5 Å². The lowest BCUT2D eigenvalue weighted by atomic mass is 9.80. The van der Waals surface area contributed by atoms with Gasteiger partial charge in [-0.25, -0.2) is 4.79 Å². The third-order valence-corrected chi connectivity index (χ3v) is 3.95. The van der Waals surface area contributed by atoms with Crippen molar-refractivity contribution in [1.29, 1.82) is 0 Å². The van der Waals surface area contributed by atoms with Crippen molar-refractivity contribution in [3.8, 4) is 0 Å². The van der Waals surface area contributed by atoms with Gasteiger partial charge in [-0.3, -0.25) is 4.79 Å². The van der Waals surface area contributed by atoms with E-state index in [4.69, 9.17) is 10.5 Å². The molecule has 6 nitrogen and oxygen atoms in total. The van der Waals surface area contributed by atoms with Crippen molar-refractivity contribution in [2.75, 3.05) is 0 Å². The summed E-state index contributed by atoms with van der Waals surface area (Å²) in [4.78, 5) is 25.6. The molecule has 0 spiro atoms. The van der Waals surface area contributed by atoms with Gasteiger partial charge >= 0.3 is 12.1 Å². The number of likely N-dealkylation sites (tertiary alicyclic amines) is 1. The molecule has 0 radical (unpaired) electrons. The summed E-state index contributed by atoms with van der Waals surface area (Å²) >= 11 is 0. The van der Waals surface area contributed by atoms with Crippen LogP contribution >= 0.6 is 0 Å². The molecule has 0 aromatic rings. The lowest BCUT2D eigenvalue weighted by Gasteiger charge is -2.47. The first kappa shape index (κ1) is 17.8. The van der Waals surface area contributed by atoms with Gasteiger partial charge in [-0.1, -0.05) is 13.8 Å². The maximum absolute atomic E-state index is 12.5. The largest absolute Gasteiger partial charge is 0.481 e. The summed E-state index contributed by atoms with van der Waals surface area (Å²) < 4.78 is 5.46. The number of hydrogen-bond acceptors (Lipinski definition) is 4. The molecule has 2 unspecified atom stereocenters. The second kappa shape index (κ2) is 6.64. The summed E-state index contributed by atoms with van der Waals surface area (Å²) in [6.45, 7) is 9.26. The van der Waals surface area contributed by atoms with Gasteiger partial charge in [0, 0.05) is 18.1 Å². The fraction of sp³-hybridized carbons (Fsp3) is 0.867. The summed E-state index contributed by atoms with van der Waals surface area (Å²) in [5.74, 6) is -1.69. The standard InChI is InChI=1S/C15H28N2O4/c1-6-9-8-10(16)12(13(18)19)11(7-2)17(9)14(20)21-15(3,4)5/h9-12H,6-8,16H2,1-5H3,(H,18,19)/t9-,10?,11+,12?/m0/s1. The maximum Gasteiger partial charge on any atom is 0.410 e. The molecule has 1 aliphatic heterocycles. The third-order valence-electron chi connectivity index (χ3n) is 3.95. The number of amides is 1. The summed E-state index contributed by atoms with van der Waals surface area (Å²) in [7, 11) is 0. The van der Waals surface area contributed by atoms with E-state index >= 15 is 0 Å². The minimum absolute atomic E-state index is 0.0737. The molecule has 0 bridgehead atoms. The van der Waals surface area contributed by atoms with Crippen molar-refractivity contribution in [3.63, 3.8) is 0 Å². The molecule has 1 fully saturated rings. The van der Waals surface area contributed by atoms with Gasteiger partial charge in [-0.05, 0) is 40.0 Å². The van der Waals surface area contributed by atoms with Crippen LogP contribution in [-0.4, -0.2) is 45.8 Å². The molecule has 3 N–H and O–H groups in total. The van der Waals surface area contributed by atoms with Crippen LogP contribution in [0.1, 0.15) is 53.9 Å². The van der Waals surface area contributed by atoms with E-state index in [0.29, 0.717) is 12.8 Å². The zero-order chi connectivity index (χ0) is 16.4. The number of hydrogen-bond donors (Lipinski definition) is 2. The minimum atomic E-state index is -0.947. The Morgan fingerprint density at radius 2 is 1.86 bits per heavy atom. The van der Waals surface area contributed by atoms with Crippen molar-refractivity contribution < 1.29 is 19.4 Å². The van der Waals surface area contributed by atoms with Gasteiger partial charge in [-0.2, -0.15) is 0 Å². The molecule has 21 heavy (non-hydrogen) atoms. The van der Waals surface area contributed by atoms with Crippen molar-refractivity contribution in [2.45, 2.75) is 77.6 Å². The van der Waals surface area contributed by atoms with Crippen LogP contribution in [0.4, 0.5) is 4.79 Å². The summed E-state index contributed by atoms with van der Waals surface area (Å²) in [5, 5.41) is 9.44. The number of piperidine rings is 1. The lowest BCUT2D eigenvalue weighted by Crippen LogP contribution is -2.62. The fourth-order valence-electron chi connectivity index (χ4n) is 3.06. The number of carboxylic acid groups (broad SMARTS) is 1. The molecule has 1 amide bonds. The quantitative estimate of drug-likeness (QED) is 0.833. The Balaban J connectivity index is 3.09. The van der Waals surface area contributed by atoms with E-state index in [2.05, 4.69) is 0 Å². The number of carbonyl (C=O) groups is 2. The highest BCUT2D eigenvalue weighted by molar-refractivity contribution is 5.75. The molecule has 0 aliphatic carbocycles. The molecule has 4 atom stereocenters. The third kappa shape index (κ3) is 4.09. The van der Waals surface area contributed by atoms with Crippen LogP contribution in [0.3, 0.4) is 0 Å². The first-order chi connectivity index (χ1) is 9.62. The summed E-state index contributed by atoms with van der Waals surface area (Å²) in [6.07, 6.45) is 1.32. The summed E-state index contributed by atoms with van der Waals surface area (Å²) in [5.41, 5.74) is 5.44. The van der Waals surface area contributed by atoms with E-state index in [1.807, 2.05) is 13.8 Å². The van der Waals surface area contributed by atoms with E-state index in [-0.39, 0.29) is 6.04 Å². The molecule has 122 valence electrons. The lowest BCUT2D eigenvalue weighted by molar-refractivity contribution is -0.147. The summed E-state index contributed by atoms with van der Waals surface area (Å²) in [6, 6.07) is -0.933. The van der Waals surface area contributed by atoms with Gasteiger partial charge in [-0.15, -0.1) is 0 Å². The van der Waals surface area contributed by atoms with Gasteiger partial charge in [0.15, 0.2) is 0 Å². The van der Waals surface area contributed by atoms with Gasteiger partial charge in [0.25, 0.3) is 0 Å². The molecule has 6 heteroatoms. The Kier molecular flexibility index (Phi) is 5.61. The number of nitrogens with two attached hydrogens (primary N) is 1. The van der Waals surface area contributed by atoms with E-state index < -0.39 is 35.7 Å². The second-order valence-electron chi connectivity index (χ2n) is 6.69. The average Bonchev–Trinajstić information content (AvgIpc) is 2.34. The van der Waals surface area contributed by atoms with Crippen molar-refractivity contribution >= 4 is 12.1 Å². The predicted octanol–water partition coefficient (Wildman–Crippen LogP) is 2.21. The van der Waals surface area contributed by atoms with Crippen molar-refractivity contribution in [1.82, 2.24) is 4.90 Å². The highest BCUT2D eigenvalue weighted by Gasteiger charge is 2.47. The number of aliphatic carboxylic acids is 1. The number of carboxylic acids is 1. The molecule has 1 rings (SSSR count). The number of carbonyl (C=O) groups excluding carboxylic acids is 1. The van der Waals surface area contributed by atoms with Crippen LogP contribution in [0, 0.1) is 5.92 Å². The Labute approximate surface area is 126 Å². The Bertz CT molecular complexity index is 392. The molecule has 0 saturated carbocycles. The van der Waals surface area contributed by atoms with Crippen LogP contribution in [0.15, 0.2) is 0 Å². The molecule has 0 aromatic heterocycles. The second-order valence-corrected chi connectivity index (χ2v) is 6.69. The normalized spacial score (nSPS) is 30.1.